The molecule has 6 N–H and O–H groups in total. The highest BCUT2D eigenvalue weighted by Crippen LogP contribution is 2.18. The van der Waals surface area contributed by atoms with Crippen LogP contribution in [-0.2, 0) is 6.54 Å². The zero-order valence-corrected chi connectivity index (χ0v) is 9.72. The molecule has 0 bridgehead atoms. The van der Waals surface area contributed by atoms with Gasteiger partial charge in [-0.3, -0.25) is 0 Å². The van der Waals surface area contributed by atoms with Crippen molar-refractivity contribution in [3.05, 3.63) is 47.9 Å². The van der Waals surface area contributed by atoms with Crippen molar-refractivity contribution in [2.75, 3.05) is 5.73 Å². The first-order valence-corrected chi connectivity index (χ1v) is 5.70. The van der Waals surface area contributed by atoms with Gasteiger partial charge in [0.15, 0.2) is 0 Å². The van der Waals surface area contributed by atoms with E-state index in [9.17, 15) is 0 Å². The van der Waals surface area contributed by atoms with E-state index in [2.05, 4.69) is 39.0 Å². The largest absolute Gasteiger partial charge is 0.383 e. The Morgan fingerprint density at radius 2 is 1.89 bits per heavy atom. The van der Waals surface area contributed by atoms with E-state index in [-0.39, 0.29) is 6.17 Å². The number of nitrogens with zero attached hydrogens (tertiary/aromatic N) is 2. The molecule has 1 fully saturated rings. The van der Waals surface area contributed by atoms with Crippen molar-refractivity contribution in [2.45, 2.75) is 12.7 Å². The number of nitrogens with one attached hydrogen (secondary N) is 4. The lowest BCUT2D eigenvalue weighted by Crippen LogP contribution is -2.33. The monoisotopic (exact) mass is 245 g/mol. The summed E-state index contributed by atoms with van der Waals surface area (Å²) >= 11 is 0. The minimum atomic E-state index is -0.137. The summed E-state index contributed by atoms with van der Waals surface area (Å²) in [5.41, 5.74) is 19.5. The third-order valence-corrected chi connectivity index (χ3v) is 2.87. The Kier molecular flexibility index (Phi) is 2.95. The molecule has 1 aromatic heterocycles. The summed E-state index contributed by atoms with van der Waals surface area (Å²) in [7, 11) is 0. The third kappa shape index (κ3) is 2.07. The second-order valence-corrected chi connectivity index (χ2v) is 4.10. The van der Waals surface area contributed by atoms with Crippen molar-refractivity contribution < 1.29 is 0 Å². The molecule has 0 spiro atoms. The summed E-state index contributed by atoms with van der Waals surface area (Å²) in [6.45, 7) is 0.716. The molecule has 0 unspecified atom stereocenters. The number of anilines is 1. The SMILES string of the molecule is Nc1c(C2NNNN2)ncn1Cc1ccccc1. The highest BCUT2D eigenvalue weighted by Gasteiger charge is 2.21. The van der Waals surface area contributed by atoms with Crippen LogP contribution in [0.5, 0.6) is 0 Å². The molecular weight excluding hydrogens is 230 g/mol. The molecule has 18 heavy (non-hydrogen) atoms. The number of imidazole rings is 1. The van der Waals surface area contributed by atoms with Gasteiger partial charge in [0.05, 0.1) is 12.9 Å². The molecule has 94 valence electrons. The van der Waals surface area contributed by atoms with Crippen molar-refractivity contribution in [1.82, 2.24) is 31.5 Å². The van der Waals surface area contributed by atoms with Gasteiger partial charge in [-0.2, -0.15) is 11.1 Å². The van der Waals surface area contributed by atoms with Gasteiger partial charge in [-0.15, -0.1) is 0 Å². The molecule has 0 radical (unpaired) electrons. The molecule has 1 aromatic carbocycles. The summed E-state index contributed by atoms with van der Waals surface area (Å²) in [5.74, 6) is 0.648. The molecule has 0 amide bonds. The van der Waals surface area contributed by atoms with Gasteiger partial charge < -0.3 is 10.3 Å². The number of nitrogen functional groups attached to an aromatic ring is 1. The van der Waals surface area contributed by atoms with Gasteiger partial charge in [0.1, 0.15) is 17.7 Å². The summed E-state index contributed by atoms with van der Waals surface area (Å²) in [4.78, 5) is 4.33. The van der Waals surface area contributed by atoms with Crippen LogP contribution in [0.2, 0.25) is 0 Å². The van der Waals surface area contributed by atoms with Crippen LogP contribution in [0.15, 0.2) is 36.7 Å². The summed E-state index contributed by atoms with van der Waals surface area (Å²) in [5, 5.41) is 0. The lowest BCUT2D eigenvalue weighted by Gasteiger charge is -2.09. The molecule has 7 heteroatoms. The molecule has 1 aliphatic heterocycles. The Balaban J connectivity index is 1.81. The van der Waals surface area contributed by atoms with E-state index in [1.54, 1.807) is 6.33 Å². The topological polar surface area (TPSA) is 92.0 Å². The van der Waals surface area contributed by atoms with Crippen molar-refractivity contribution in [3.8, 4) is 0 Å². The fraction of sp³-hybridized carbons (Fsp3) is 0.182. The van der Waals surface area contributed by atoms with Crippen LogP contribution in [0.3, 0.4) is 0 Å². The van der Waals surface area contributed by atoms with Crippen LogP contribution in [0.1, 0.15) is 17.4 Å². The normalized spacial score (nSPS) is 16.2. The number of hydrazine groups is 3. The first-order valence-electron chi connectivity index (χ1n) is 5.70. The van der Waals surface area contributed by atoms with E-state index < -0.39 is 0 Å². The van der Waals surface area contributed by atoms with Gasteiger partial charge in [0.2, 0.25) is 0 Å². The number of aromatic nitrogens is 2. The van der Waals surface area contributed by atoms with Crippen molar-refractivity contribution >= 4 is 5.82 Å². The van der Waals surface area contributed by atoms with E-state index in [1.165, 1.54) is 5.56 Å². The Hall–Kier alpha value is -1.93. The quantitative estimate of drug-likeness (QED) is 0.507. The molecular formula is C11H15N7. The maximum absolute atomic E-state index is 6.10. The highest BCUT2D eigenvalue weighted by molar-refractivity contribution is 5.39. The first-order chi connectivity index (χ1) is 8.84. The second kappa shape index (κ2) is 4.75. The fourth-order valence-electron chi connectivity index (χ4n) is 1.93. The molecule has 2 aromatic rings. The van der Waals surface area contributed by atoms with Crippen LogP contribution >= 0.6 is 0 Å². The molecule has 0 atom stereocenters. The molecule has 3 rings (SSSR count). The molecule has 2 heterocycles. The fourth-order valence-corrected chi connectivity index (χ4v) is 1.93. The standard InChI is InChI=1S/C11H15N7/c12-10-9(11-14-16-17-15-11)13-7-18(10)6-8-4-2-1-3-5-8/h1-5,7,11,14-17H,6,12H2. The third-order valence-electron chi connectivity index (χ3n) is 2.87. The number of nitrogens with two attached hydrogens (primary N) is 1. The van der Waals surface area contributed by atoms with Gasteiger partial charge in [0.25, 0.3) is 0 Å². The summed E-state index contributed by atoms with van der Waals surface area (Å²) in [6.07, 6.45) is 1.61. The lowest BCUT2D eigenvalue weighted by atomic mass is 10.2. The molecule has 1 saturated heterocycles. The van der Waals surface area contributed by atoms with Crippen molar-refractivity contribution in [3.63, 3.8) is 0 Å². The van der Waals surface area contributed by atoms with Crippen LogP contribution in [-0.4, -0.2) is 9.55 Å². The Morgan fingerprint density at radius 3 is 2.61 bits per heavy atom. The van der Waals surface area contributed by atoms with E-state index in [1.807, 2.05) is 22.8 Å². The lowest BCUT2D eigenvalue weighted by molar-refractivity contribution is 0.543. The Bertz CT molecular complexity index is 515. The maximum Gasteiger partial charge on any atom is 0.132 e. The number of benzene rings is 1. The minimum absolute atomic E-state index is 0.137. The Labute approximate surface area is 104 Å². The van der Waals surface area contributed by atoms with Crippen LogP contribution in [0, 0.1) is 0 Å². The van der Waals surface area contributed by atoms with Crippen molar-refractivity contribution in [1.29, 1.82) is 0 Å². The van der Waals surface area contributed by atoms with Gasteiger partial charge in [-0.05, 0) is 5.56 Å². The smallest absolute Gasteiger partial charge is 0.132 e. The number of hydrogen-bond donors (Lipinski definition) is 5. The van der Waals surface area contributed by atoms with Gasteiger partial charge in [0, 0.05) is 0 Å². The van der Waals surface area contributed by atoms with Crippen LogP contribution in [0.4, 0.5) is 5.82 Å². The van der Waals surface area contributed by atoms with E-state index in [4.69, 9.17) is 5.73 Å². The molecule has 1 aliphatic rings. The zero-order valence-electron chi connectivity index (χ0n) is 9.72. The van der Waals surface area contributed by atoms with Gasteiger partial charge in [-0.1, -0.05) is 30.3 Å². The zero-order chi connectivity index (χ0) is 12.4. The van der Waals surface area contributed by atoms with Gasteiger partial charge in [-0.25, -0.2) is 15.8 Å². The molecule has 0 saturated carbocycles. The number of hydrogen-bond acceptors (Lipinski definition) is 6. The first kappa shape index (κ1) is 11.2. The highest BCUT2D eigenvalue weighted by atomic mass is 15.8. The van der Waals surface area contributed by atoms with E-state index >= 15 is 0 Å². The van der Waals surface area contributed by atoms with Crippen LogP contribution in [0.25, 0.3) is 0 Å². The van der Waals surface area contributed by atoms with E-state index in [0.29, 0.717) is 12.4 Å². The summed E-state index contributed by atoms with van der Waals surface area (Å²) < 4.78 is 1.92. The molecule has 0 aliphatic carbocycles. The maximum atomic E-state index is 6.10. The average Bonchev–Trinajstić information content (AvgIpc) is 3.02. The minimum Gasteiger partial charge on any atom is -0.383 e. The predicted octanol–water partition coefficient (Wildman–Crippen LogP) is -0.371. The second-order valence-electron chi connectivity index (χ2n) is 4.10. The predicted molar refractivity (Wildman–Crippen MR) is 67.5 cm³/mol. The van der Waals surface area contributed by atoms with Crippen LogP contribution < -0.4 is 27.7 Å². The average molecular weight is 245 g/mol. The van der Waals surface area contributed by atoms with Crippen molar-refractivity contribution in [2.24, 2.45) is 0 Å². The van der Waals surface area contributed by atoms with E-state index in [0.717, 1.165) is 5.69 Å². The number of rotatable bonds is 3. The Morgan fingerprint density at radius 1 is 1.17 bits per heavy atom. The molecule has 7 nitrogen and oxygen atoms in total. The summed E-state index contributed by atoms with van der Waals surface area (Å²) in [6, 6.07) is 10.1. The van der Waals surface area contributed by atoms with Gasteiger partial charge >= 0.3 is 0 Å².